The summed E-state index contributed by atoms with van der Waals surface area (Å²) in [5.41, 5.74) is 1.10. The van der Waals surface area contributed by atoms with Gasteiger partial charge < -0.3 is 15.0 Å². The van der Waals surface area contributed by atoms with E-state index in [1.807, 2.05) is 32.6 Å². The Bertz CT molecular complexity index is 518. The second-order valence-corrected chi connectivity index (χ2v) is 5.85. The van der Waals surface area contributed by atoms with Crippen LogP contribution in [0.25, 0.3) is 0 Å². The summed E-state index contributed by atoms with van der Waals surface area (Å²) in [6.45, 7) is 9.15. The largest absolute Gasteiger partial charge is 0.385 e. The van der Waals surface area contributed by atoms with Crippen molar-refractivity contribution >= 4 is 11.6 Å². The number of hydrogen-bond donors (Lipinski definition) is 1. The molecule has 6 nitrogen and oxygen atoms in total. The normalized spacial score (nSPS) is 22.5. The zero-order valence-electron chi connectivity index (χ0n) is 13.4. The molecule has 1 aromatic heterocycles. The number of morpholine rings is 1. The zero-order chi connectivity index (χ0) is 15.6. The van der Waals surface area contributed by atoms with Crippen molar-refractivity contribution in [1.29, 1.82) is 0 Å². The first kappa shape index (κ1) is 15.7. The lowest BCUT2D eigenvalue weighted by molar-refractivity contribution is -0.0388. The minimum absolute atomic E-state index is 0.0505. The van der Waals surface area contributed by atoms with E-state index < -0.39 is 0 Å². The summed E-state index contributed by atoms with van der Waals surface area (Å²) in [4.78, 5) is 23.5. The van der Waals surface area contributed by atoms with Gasteiger partial charge in [-0.3, -0.25) is 4.79 Å². The van der Waals surface area contributed by atoms with Gasteiger partial charge in [-0.1, -0.05) is 13.8 Å². The molecule has 0 aliphatic carbocycles. The lowest BCUT2D eigenvalue weighted by Gasteiger charge is -2.36. The third-order valence-corrected chi connectivity index (χ3v) is 3.66. The summed E-state index contributed by atoms with van der Waals surface area (Å²) >= 11 is 0. The summed E-state index contributed by atoms with van der Waals surface area (Å²) in [6.07, 6.45) is 1.74. The summed E-state index contributed by atoms with van der Waals surface area (Å²) in [5.74, 6) is 0.807. The number of ether oxygens (including phenoxy) is 1. The maximum absolute atomic E-state index is 12.9. The highest BCUT2D eigenvalue weighted by atomic mass is 16.5. The molecule has 0 spiro atoms. The Balaban J connectivity index is 2.34. The van der Waals surface area contributed by atoms with E-state index in [2.05, 4.69) is 15.3 Å². The van der Waals surface area contributed by atoms with Crippen LogP contribution < -0.4 is 5.32 Å². The van der Waals surface area contributed by atoms with Gasteiger partial charge in [-0.15, -0.1) is 0 Å². The summed E-state index contributed by atoms with van der Waals surface area (Å²) in [5, 5.41) is 3.00. The van der Waals surface area contributed by atoms with Gasteiger partial charge in [-0.05, 0) is 13.8 Å². The lowest BCUT2D eigenvalue weighted by atomic mass is 10.1. The molecule has 1 aliphatic rings. The number of nitrogens with zero attached hydrogens (tertiary/aromatic N) is 3. The van der Waals surface area contributed by atoms with Crippen LogP contribution in [0.5, 0.6) is 0 Å². The summed E-state index contributed by atoms with van der Waals surface area (Å²) in [7, 11) is 1.77. The fraction of sp³-hybridized carbons (Fsp3) is 0.667. The average Bonchev–Trinajstić information content (AvgIpc) is 2.48. The number of aromatic nitrogens is 2. The number of amides is 1. The number of hydrogen-bond acceptors (Lipinski definition) is 5. The van der Waals surface area contributed by atoms with E-state index >= 15 is 0 Å². The predicted molar refractivity (Wildman–Crippen MR) is 81.6 cm³/mol. The maximum atomic E-state index is 12.9. The second kappa shape index (κ2) is 6.39. The molecule has 6 heteroatoms. The molecule has 0 saturated carbocycles. The van der Waals surface area contributed by atoms with Crippen molar-refractivity contribution in [1.82, 2.24) is 14.9 Å². The number of carbonyl (C=O) groups excluding carboxylic acids is 1. The molecular weight excluding hydrogens is 268 g/mol. The maximum Gasteiger partial charge on any atom is 0.275 e. The molecule has 1 saturated heterocycles. The highest BCUT2D eigenvalue weighted by molar-refractivity contribution is 5.97. The van der Waals surface area contributed by atoms with Crippen molar-refractivity contribution in [3.05, 3.63) is 17.7 Å². The quantitative estimate of drug-likeness (QED) is 0.921. The molecule has 0 aromatic carbocycles. The Morgan fingerprint density at radius 2 is 2.19 bits per heavy atom. The minimum Gasteiger partial charge on any atom is -0.385 e. The Labute approximate surface area is 125 Å². The van der Waals surface area contributed by atoms with Crippen LogP contribution in [-0.4, -0.2) is 53.1 Å². The highest BCUT2D eigenvalue weighted by Gasteiger charge is 2.30. The van der Waals surface area contributed by atoms with Crippen molar-refractivity contribution < 1.29 is 9.53 Å². The lowest BCUT2D eigenvalue weighted by Crippen LogP contribution is -2.50. The van der Waals surface area contributed by atoms with Crippen LogP contribution in [0.3, 0.4) is 0 Å². The molecule has 21 heavy (non-hydrogen) atoms. The van der Waals surface area contributed by atoms with Gasteiger partial charge in [0, 0.05) is 19.5 Å². The van der Waals surface area contributed by atoms with Crippen LogP contribution >= 0.6 is 0 Å². The van der Waals surface area contributed by atoms with Gasteiger partial charge >= 0.3 is 0 Å². The molecule has 1 amide bonds. The predicted octanol–water partition coefficient (Wildman–Crippen LogP) is 1.89. The van der Waals surface area contributed by atoms with Crippen LogP contribution in [0.1, 0.15) is 49.9 Å². The molecule has 1 fully saturated rings. The molecule has 0 bridgehead atoms. The van der Waals surface area contributed by atoms with Gasteiger partial charge in [-0.2, -0.15) is 0 Å². The van der Waals surface area contributed by atoms with Gasteiger partial charge in [0.05, 0.1) is 30.6 Å². The van der Waals surface area contributed by atoms with Crippen LogP contribution in [0, 0.1) is 0 Å². The molecule has 1 aromatic rings. The first-order valence-corrected chi connectivity index (χ1v) is 7.41. The monoisotopic (exact) mass is 292 g/mol. The van der Waals surface area contributed by atoms with E-state index in [1.54, 1.807) is 13.2 Å². The first-order valence-electron chi connectivity index (χ1n) is 7.41. The molecule has 0 radical (unpaired) electrons. The van der Waals surface area contributed by atoms with Crippen molar-refractivity contribution in [3.8, 4) is 0 Å². The van der Waals surface area contributed by atoms with E-state index in [4.69, 9.17) is 4.74 Å². The highest BCUT2D eigenvalue weighted by Crippen LogP contribution is 2.21. The Kier molecular flexibility index (Phi) is 4.77. The van der Waals surface area contributed by atoms with E-state index in [0.29, 0.717) is 30.4 Å². The third-order valence-electron chi connectivity index (χ3n) is 3.66. The minimum atomic E-state index is -0.0636. The van der Waals surface area contributed by atoms with Gasteiger partial charge in [0.2, 0.25) is 0 Å². The molecule has 2 heterocycles. The van der Waals surface area contributed by atoms with Crippen molar-refractivity contribution in [2.24, 2.45) is 0 Å². The third kappa shape index (κ3) is 3.32. The number of anilines is 1. The van der Waals surface area contributed by atoms with Crippen LogP contribution in [0.15, 0.2) is 6.20 Å². The molecule has 116 valence electrons. The van der Waals surface area contributed by atoms with Gasteiger partial charge in [0.25, 0.3) is 5.91 Å². The summed E-state index contributed by atoms with van der Waals surface area (Å²) in [6, 6.07) is 0.0517. The molecule has 2 rings (SSSR count). The van der Waals surface area contributed by atoms with Gasteiger partial charge in [0.1, 0.15) is 5.82 Å². The standard InChI is InChI=1S/C15H24N4O2/c1-9(2)14-17-6-12(16-5)13(18-14)15(20)19-7-11(4)21-8-10(19)3/h6,9-11,16H,7-8H2,1-5H3. The van der Waals surface area contributed by atoms with Crippen molar-refractivity contribution in [3.63, 3.8) is 0 Å². The molecule has 1 N–H and O–H groups in total. The molecule has 2 atom stereocenters. The molecular formula is C15H24N4O2. The summed E-state index contributed by atoms with van der Waals surface area (Å²) < 4.78 is 5.58. The number of rotatable bonds is 3. The van der Waals surface area contributed by atoms with E-state index in [0.717, 1.165) is 0 Å². The van der Waals surface area contributed by atoms with Crippen molar-refractivity contribution in [2.75, 3.05) is 25.5 Å². The SMILES string of the molecule is CNc1cnc(C(C)C)nc1C(=O)N1CC(C)OCC1C. The van der Waals surface area contributed by atoms with E-state index in [9.17, 15) is 4.79 Å². The Morgan fingerprint density at radius 3 is 2.81 bits per heavy atom. The van der Waals surface area contributed by atoms with E-state index in [-0.39, 0.29) is 24.0 Å². The fourth-order valence-corrected chi connectivity index (χ4v) is 2.34. The Hall–Kier alpha value is -1.69. The number of carbonyl (C=O) groups is 1. The smallest absolute Gasteiger partial charge is 0.275 e. The molecule has 2 unspecified atom stereocenters. The van der Waals surface area contributed by atoms with Gasteiger partial charge in [-0.25, -0.2) is 9.97 Å². The first-order chi connectivity index (χ1) is 9.93. The zero-order valence-corrected chi connectivity index (χ0v) is 13.4. The topological polar surface area (TPSA) is 67.4 Å². The second-order valence-electron chi connectivity index (χ2n) is 5.85. The van der Waals surface area contributed by atoms with Gasteiger partial charge in [0.15, 0.2) is 5.69 Å². The Morgan fingerprint density at radius 1 is 1.48 bits per heavy atom. The van der Waals surface area contributed by atoms with Crippen LogP contribution in [-0.2, 0) is 4.74 Å². The molecule has 1 aliphatic heterocycles. The number of nitrogens with one attached hydrogen (secondary N) is 1. The van der Waals surface area contributed by atoms with E-state index in [1.165, 1.54) is 0 Å². The average molecular weight is 292 g/mol. The van der Waals surface area contributed by atoms with Crippen LogP contribution in [0.4, 0.5) is 5.69 Å². The van der Waals surface area contributed by atoms with Crippen LogP contribution in [0.2, 0.25) is 0 Å². The van der Waals surface area contributed by atoms with Crippen molar-refractivity contribution in [2.45, 2.75) is 45.8 Å². The fourth-order valence-electron chi connectivity index (χ4n) is 2.34.